The number of nitrogens with zero attached hydrogens (tertiary/aromatic N) is 2. The second kappa shape index (κ2) is 10.2. The van der Waals surface area contributed by atoms with Gasteiger partial charge in [0.2, 0.25) is 5.91 Å². The molecule has 0 radical (unpaired) electrons. The van der Waals surface area contributed by atoms with Crippen molar-refractivity contribution in [3.8, 4) is 0 Å². The molecule has 0 spiro atoms. The van der Waals surface area contributed by atoms with E-state index in [1.54, 1.807) is 0 Å². The fourth-order valence-corrected chi connectivity index (χ4v) is 4.30. The number of benzene rings is 2. The Morgan fingerprint density at radius 2 is 1.58 bits per heavy atom. The van der Waals surface area contributed by atoms with Crippen LogP contribution in [0.25, 0.3) is 0 Å². The van der Waals surface area contributed by atoms with Gasteiger partial charge < -0.3 is 24.6 Å². The standard InChI is InChI=1S/C25H33N3O3/c1-19-3-4-21(20(2)17-19)5-8-25(29)26-23-7-6-22(27-9-13-30-14-10-27)18-24(23)28-11-15-31-16-12-28/h3-4,6-7,17-18H,5,8-16H2,1-2H3,(H,26,29). The van der Waals surface area contributed by atoms with Crippen LogP contribution in [0.15, 0.2) is 36.4 Å². The average molecular weight is 424 g/mol. The maximum atomic E-state index is 12.8. The third-order valence-corrected chi connectivity index (χ3v) is 6.10. The predicted molar refractivity (Wildman–Crippen MR) is 125 cm³/mol. The minimum Gasteiger partial charge on any atom is -0.378 e. The van der Waals surface area contributed by atoms with Crippen molar-refractivity contribution in [3.05, 3.63) is 53.1 Å². The van der Waals surface area contributed by atoms with Crippen LogP contribution in [0.3, 0.4) is 0 Å². The zero-order valence-corrected chi connectivity index (χ0v) is 18.7. The van der Waals surface area contributed by atoms with E-state index in [-0.39, 0.29) is 5.91 Å². The summed E-state index contributed by atoms with van der Waals surface area (Å²) in [6, 6.07) is 12.8. The van der Waals surface area contributed by atoms with Crippen LogP contribution >= 0.6 is 0 Å². The molecule has 0 atom stereocenters. The fraction of sp³-hybridized carbons (Fsp3) is 0.480. The van der Waals surface area contributed by atoms with E-state index in [1.165, 1.54) is 22.4 Å². The molecule has 0 bridgehead atoms. The fourth-order valence-electron chi connectivity index (χ4n) is 4.30. The monoisotopic (exact) mass is 423 g/mol. The lowest BCUT2D eigenvalue weighted by Crippen LogP contribution is -2.38. The lowest BCUT2D eigenvalue weighted by molar-refractivity contribution is -0.116. The number of carbonyl (C=O) groups is 1. The molecule has 4 rings (SSSR count). The second-order valence-corrected chi connectivity index (χ2v) is 8.38. The Bertz CT molecular complexity index is 903. The van der Waals surface area contributed by atoms with Gasteiger partial charge in [-0.15, -0.1) is 0 Å². The van der Waals surface area contributed by atoms with Crippen molar-refractivity contribution in [1.82, 2.24) is 0 Å². The van der Waals surface area contributed by atoms with Gasteiger partial charge in [-0.25, -0.2) is 0 Å². The first-order valence-corrected chi connectivity index (χ1v) is 11.3. The van der Waals surface area contributed by atoms with E-state index in [9.17, 15) is 4.79 Å². The van der Waals surface area contributed by atoms with Crippen molar-refractivity contribution < 1.29 is 14.3 Å². The van der Waals surface area contributed by atoms with Gasteiger partial charge in [0, 0.05) is 38.3 Å². The molecular weight excluding hydrogens is 390 g/mol. The summed E-state index contributed by atoms with van der Waals surface area (Å²) in [7, 11) is 0. The minimum atomic E-state index is 0.0496. The molecule has 31 heavy (non-hydrogen) atoms. The van der Waals surface area contributed by atoms with Crippen LogP contribution in [0.4, 0.5) is 17.1 Å². The molecule has 2 aromatic rings. The molecule has 0 aromatic heterocycles. The molecule has 2 heterocycles. The summed E-state index contributed by atoms with van der Waals surface area (Å²) in [4.78, 5) is 17.5. The molecule has 0 unspecified atom stereocenters. The number of ether oxygens (including phenoxy) is 2. The Balaban J connectivity index is 1.48. The van der Waals surface area contributed by atoms with E-state index in [0.717, 1.165) is 57.2 Å². The van der Waals surface area contributed by atoms with Crippen LogP contribution in [0.2, 0.25) is 0 Å². The summed E-state index contributed by atoms with van der Waals surface area (Å²) in [5, 5.41) is 3.17. The van der Waals surface area contributed by atoms with Crippen LogP contribution in [0.1, 0.15) is 23.1 Å². The quantitative estimate of drug-likeness (QED) is 0.770. The zero-order valence-electron chi connectivity index (χ0n) is 18.7. The highest BCUT2D eigenvalue weighted by molar-refractivity contribution is 5.95. The van der Waals surface area contributed by atoms with Crippen LogP contribution in [0.5, 0.6) is 0 Å². The third-order valence-electron chi connectivity index (χ3n) is 6.10. The van der Waals surface area contributed by atoms with Crippen molar-refractivity contribution >= 4 is 23.0 Å². The number of rotatable bonds is 6. The van der Waals surface area contributed by atoms with Crippen LogP contribution in [-0.4, -0.2) is 58.5 Å². The molecule has 6 heteroatoms. The summed E-state index contributed by atoms with van der Waals surface area (Å²) < 4.78 is 11.0. The highest BCUT2D eigenvalue weighted by Crippen LogP contribution is 2.32. The number of hydrogen-bond donors (Lipinski definition) is 1. The Labute approximate surface area is 185 Å². The number of carbonyl (C=O) groups excluding carboxylic acids is 1. The van der Waals surface area contributed by atoms with Gasteiger partial charge in [-0.2, -0.15) is 0 Å². The van der Waals surface area contributed by atoms with Gasteiger partial charge in [0.05, 0.1) is 37.8 Å². The van der Waals surface area contributed by atoms with Gasteiger partial charge in [0.15, 0.2) is 0 Å². The van der Waals surface area contributed by atoms with E-state index >= 15 is 0 Å². The van der Waals surface area contributed by atoms with Gasteiger partial charge in [0.25, 0.3) is 0 Å². The lowest BCUT2D eigenvalue weighted by atomic mass is 10.0. The van der Waals surface area contributed by atoms with Gasteiger partial charge in [-0.3, -0.25) is 4.79 Å². The number of amides is 1. The molecule has 166 valence electrons. The Morgan fingerprint density at radius 3 is 2.26 bits per heavy atom. The summed E-state index contributed by atoms with van der Waals surface area (Å²) >= 11 is 0. The SMILES string of the molecule is Cc1ccc(CCC(=O)Nc2ccc(N3CCOCC3)cc2N2CCOCC2)c(C)c1. The number of nitrogens with one attached hydrogen (secondary N) is 1. The highest BCUT2D eigenvalue weighted by atomic mass is 16.5. The molecule has 0 aliphatic carbocycles. The van der Waals surface area contributed by atoms with Crippen LogP contribution in [-0.2, 0) is 20.7 Å². The Kier molecular flexibility index (Phi) is 7.10. The van der Waals surface area contributed by atoms with Crippen molar-refractivity contribution in [2.75, 3.05) is 67.7 Å². The van der Waals surface area contributed by atoms with E-state index in [1.807, 2.05) is 6.07 Å². The van der Waals surface area contributed by atoms with Crippen molar-refractivity contribution in [1.29, 1.82) is 0 Å². The molecule has 2 fully saturated rings. The molecule has 2 saturated heterocycles. The van der Waals surface area contributed by atoms with E-state index in [4.69, 9.17) is 9.47 Å². The molecule has 2 aliphatic rings. The molecule has 2 aliphatic heterocycles. The smallest absolute Gasteiger partial charge is 0.224 e. The highest BCUT2D eigenvalue weighted by Gasteiger charge is 2.19. The maximum Gasteiger partial charge on any atom is 0.224 e. The summed E-state index contributed by atoms with van der Waals surface area (Å²) in [5.74, 6) is 0.0496. The molecule has 6 nitrogen and oxygen atoms in total. The maximum absolute atomic E-state index is 12.8. The van der Waals surface area contributed by atoms with Crippen LogP contribution < -0.4 is 15.1 Å². The number of anilines is 3. The summed E-state index contributed by atoms with van der Waals surface area (Å²) in [6.45, 7) is 10.6. The molecule has 0 saturated carbocycles. The van der Waals surface area contributed by atoms with Crippen molar-refractivity contribution in [2.24, 2.45) is 0 Å². The minimum absolute atomic E-state index is 0.0496. The summed E-state index contributed by atoms with van der Waals surface area (Å²) in [6.07, 6.45) is 1.22. The number of hydrogen-bond acceptors (Lipinski definition) is 5. The largest absolute Gasteiger partial charge is 0.378 e. The van der Waals surface area contributed by atoms with Gasteiger partial charge in [-0.05, 0) is 49.6 Å². The lowest BCUT2D eigenvalue weighted by Gasteiger charge is -2.33. The molecule has 1 amide bonds. The zero-order chi connectivity index (χ0) is 21.6. The van der Waals surface area contributed by atoms with E-state index in [2.05, 4.69) is 59.3 Å². The molecule has 2 aromatic carbocycles. The first kappa shape index (κ1) is 21.7. The van der Waals surface area contributed by atoms with Gasteiger partial charge >= 0.3 is 0 Å². The first-order chi connectivity index (χ1) is 15.1. The third kappa shape index (κ3) is 5.57. The topological polar surface area (TPSA) is 54.0 Å². The van der Waals surface area contributed by atoms with E-state index < -0.39 is 0 Å². The summed E-state index contributed by atoms with van der Waals surface area (Å²) in [5.41, 5.74) is 6.87. The number of morpholine rings is 2. The average Bonchev–Trinajstić information content (AvgIpc) is 2.80. The van der Waals surface area contributed by atoms with Crippen molar-refractivity contribution in [3.63, 3.8) is 0 Å². The Morgan fingerprint density at radius 1 is 0.903 bits per heavy atom. The van der Waals surface area contributed by atoms with Crippen LogP contribution in [0, 0.1) is 13.8 Å². The Hall–Kier alpha value is -2.57. The van der Waals surface area contributed by atoms with Crippen molar-refractivity contribution in [2.45, 2.75) is 26.7 Å². The van der Waals surface area contributed by atoms with Gasteiger partial charge in [-0.1, -0.05) is 23.8 Å². The molecular formula is C25H33N3O3. The predicted octanol–water partition coefficient (Wildman–Crippen LogP) is 3.55. The molecule has 1 N–H and O–H groups in total. The van der Waals surface area contributed by atoms with E-state index in [0.29, 0.717) is 19.6 Å². The number of aryl methyl sites for hydroxylation is 3. The van der Waals surface area contributed by atoms with Gasteiger partial charge in [0.1, 0.15) is 0 Å². The second-order valence-electron chi connectivity index (χ2n) is 8.38. The first-order valence-electron chi connectivity index (χ1n) is 11.3. The normalized spacial score (nSPS) is 17.0.